The Hall–Kier alpha value is -2.54. The normalized spacial score (nSPS) is 10.1. The van der Waals surface area contributed by atoms with Crippen molar-refractivity contribution in [3.63, 3.8) is 0 Å². The van der Waals surface area contributed by atoms with Crippen molar-refractivity contribution in [2.75, 3.05) is 5.32 Å². The van der Waals surface area contributed by atoms with Gasteiger partial charge in [0, 0.05) is 4.47 Å². The molecular weight excluding hydrogens is 342 g/mol. The lowest BCUT2D eigenvalue weighted by molar-refractivity contribution is 0.0696. The molecule has 0 bridgehead atoms. The minimum atomic E-state index is -1.09. The zero-order valence-electron chi connectivity index (χ0n) is 10.5. The molecule has 0 spiro atoms. The summed E-state index contributed by atoms with van der Waals surface area (Å²) < 4.78 is 0.366. The first kappa shape index (κ1) is 14.9. The van der Waals surface area contributed by atoms with Gasteiger partial charge in [0.15, 0.2) is 0 Å². The molecule has 2 rings (SSSR count). The number of rotatable bonds is 3. The van der Waals surface area contributed by atoms with Crippen LogP contribution in [0, 0.1) is 0 Å². The second-order valence-electron chi connectivity index (χ2n) is 4.13. The van der Waals surface area contributed by atoms with Crippen molar-refractivity contribution in [1.29, 1.82) is 0 Å². The van der Waals surface area contributed by atoms with Crippen LogP contribution in [0.25, 0.3) is 0 Å². The predicted octanol–water partition coefficient (Wildman–Crippen LogP) is 2.81. The molecule has 0 fully saturated rings. The summed E-state index contributed by atoms with van der Waals surface area (Å²) in [4.78, 5) is 22.9. The van der Waals surface area contributed by atoms with Crippen LogP contribution in [0.5, 0.6) is 11.5 Å². The number of benzene rings is 2. The number of carbonyl (C=O) groups is 2. The quantitative estimate of drug-likeness (QED) is 0.680. The number of phenolic OH excluding ortho intramolecular Hbond substituents is 2. The Balaban J connectivity index is 2.30. The van der Waals surface area contributed by atoms with Gasteiger partial charge in [0.05, 0.1) is 11.3 Å². The van der Waals surface area contributed by atoms with Crippen molar-refractivity contribution < 1.29 is 24.9 Å². The third-order valence-corrected chi connectivity index (χ3v) is 3.37. The molecule has 0 aliphatic carbocycles. The van der Waals surface area contributed by atoms with E-state index < -0.39 is 11.9 Å². The van der Waals surface area contributed by atoms with Gasteiger partial charge in [0.25, 0.3) is 5.91 Å². The lowest BCUT2D eigenvalue weighted by Crippen LogP contribution is -2.13. The van der Waals surface area contributed by atoms with E-state index in [1.54, 1.807) is 0 Å². The molecular formula is C14H10BrNO5. The van der Waals surface area contributed by atoms with Gasteiger partial charge in [0.2, 0.25) is 0 Å². The zero-order chi connectivity index (χ0) is 15.6. The average molecular weight is 352 g/mol. The predicted molar refractivity (Wildman–Crippen MR) is 78.8 cm³/mol. The largest absolute Gasteiger partial charge is 0.507 e. The van der Waals surface area contributed by atoms with E-state index >= 15 is 0 Å². The third-order valence-electron chi connectivity index (χ3n) is 2.71. The molecule has 4 N–H and O–H groups in total. The second-order valence-corrected chi connectivity index (χ2v) is 4.98. The number of aromatic hydroxyl groups is 2. The highest BCUT2D eigenvalue weighted by molar-refractivity contribution is 9.10. The minimum absolute atomic E-state index is 0.0604. The van der Waals surface area contributed by atoms with Gasteiger partial charge >= 0.3 is 5.97 Å². The summed E-state index contributed by atoms with van der Waals surface area (Å²) >= 11 is 3.15. The Bertz CT molecular complexity index is 709. The van der Waals surface area contributed by atoms with Gasteiger partial charge in [-0.1, -0.05) is 6.07 Å². The third kappa shape index (κ3) is 3.14. The average Bonchev–Trinajstić information content (AvgIpc) is 2.40. The van der Waals surface area contributed by atoms with Gasteiger partial charge in [-0.15, -0.1) is 0 Å². The van der Waals surface area contributed by atoms with E-state index in [1.807, 2.05) is 0 Å². The highest BCUT2D eigenvalue weighted by atomic mass is 79.9. The van der Waals surface area contributed by atoms with Gasteiger partial charge in [-0.3, -0.25) is 4.79 Å². The van der Waals surface area contributed by atoms with Crippen LogP contribution in [0.4, 0.5) is 5.69 Å². The van der Waals surface area contributed by atoms with Crippen LogP contribution in [0.3, 0.4) is 0 Å². The SMILES string of the molecule is O=C(O)c1ccc(NC(=O)c2c(O)cccc2O)c(Br)c1. The maximum Gasteiger partial charge on any atom is 0.335 e. The Morgan fingerprint density at radius 1 is 1.05 bits per heavy atom. The van der Waals surface area contributed by atoms with Crippen LogP contribution in [0.15, 0.2) is 40.9 Å². The van der Waals surface area contributed by atoms with E-state index in [2.05, 4.69) is 21.2 Å². The number of phenols is 2. The van der Waals surface area contributed by atoms with Crippen molar-refractivity contribution in [2.45, 2.75) is 0 Å². The molecule has 0 radical (unpaired) electrons. The fraction of sp³-hybridized carbons (Fsp3) is 0. The van der Waals surface area contributed by atoms with Gasteiger partial charge in [-0.2, -0.15) is 0 Å². The van der Waals surface area contributed by atoms with E-state index in [0.29, 0.717) is 10.2 Å². The van der Waals surface area contributed by atoms with Crippen molar-refractivity contribution >= 4 is 33.5 Å². The monoisotopic (exact) mass is 351 g/mol. The first-order chi connectivity index (χ1) is 9.90. The molecule has 6 nitrogen and oxygen atoms in total. The molecule has 0 unspecified atom stereocenters. The van der Waals surface area contributed by atoms with E-state index in [-0.39, 0.29) is 22.6 Å². The smallest absolute Gasteiger partial charge is 0.335 e. The number of anilines is 1. The Morgan fingerprint density at radius 3 is 2.19 bits per heavy atom. The number of amides is 1. The van der Waals surface area contributed by atoms with Crippen LogP contribution < -0.4 is 5.32 Å². The van der Waals surface area contributed by atoms with Gasteiger partial charge in [-0.25, -0.2) is 4.79 Å². The van der Waals surface area contributed by atoms with Crippen molar-refractivity contribution in [3.8, 4) is 11.5 Å². The Kier molecular flexibility index (Phi) is 4.13. The van der Waals surface area contributed by atoms with Crippen LogP contribution in [-0.2, 0) is 0 Å². The molecule has 2 aromatic carbocycles. The molecule has 0 saturated heterocycles. The first-order valence-corrected chi connectivity index (χ1v) is 6.54. The van der Waals surface area contributed by atoms with E-state index in [9.17, 15) is 19.8 Å². The highest BCUT2D eigenvalue weighted by Crippen LogP contribution is 2.29. The number of hydrogen-bond donors (Lipinski definition) is 4. The number of carboxylic acid groups (broad SMARTS) is 1. The molecule has 0 heterocycles. The van der Waals surface area contributed by atoms with Crippen LogP contribution in [-0.4, -0.2) is 27.2 Å². The van der Waals surface area contributed by atoms with Crippen molar-refractivity contribution in [1.82, 2.24) is 0 Å². The minimum Gasteiger partial charge on any atom is -0.507 e. The number of carboxylic acids is 1. The van der Waals surface area contributed by atoms with Gasteiger partial charge < -0.3 is 20.6 Å². The summed E-state index contributed by atoms with van der Waals surface area (Å²) in [6, 6.07) is 8.02. The summed E-state index contributed by atoms with van der Waals surface area (Å²) in [5.74, 6) is -2.52. The van der Waals surface area contributed by atoms with Crippen LogP contribution in [0.1, 0.15) is 20.7 Å². The molecule has 21 heavy (non-hydrogen) atoms. The summed E-state index contributed by atoms with van der Waals surface area (Å²) in [5, 5.41) is 30.6. The number of carbonyl (C=O) groups excluding carboxylic acids is 1. The topological polar surface area (TPSA) is 107 Å². The molecule has 108 valence electrons. The number of halogens is 1. The zero-order valence-corrected chi connectivity index (χ0v) is 12.1. The standard InChI is InChI=1S/C14H10BrNO5/c15-8-6-7(14(20)21)4-5-9(8)16-13(19)12-10(17)2-1-3-11(12)18/h1-6,17-18H,(H,16,19)(H,20,21). The molecule has 0 aromatic heterocycles. The van der Waals surface area contributed by atoms with Crippen LogP contribution >= 0.6 is 15.9 Å². The van der Waals surface area contributed by atoms with E-state index in [0.717, 1.165) is 0 Å². The second kappa shape index (κ2) is 5.84. The number of hydrogen-bond acceptors (Lipinski definition) is 4. The lowest BCUT2D eigenvalue weighted by atomic mass is 10.1. The summed E-state index contributed by atoms with van der Waals surface area (Å²) in [5.41, 5.74) is 0.115. The van der Waals surface area contributed by atoms with Crippen molar-refractivity contribution in [2.24, 2.45) is 0 Å². The van der Waals surface area contributed by atoms with E-state index in [1.165, 1.54) is 36.4 Å². The maximum atomic E-state index is 12.1. The molecule has 0 aliphatic heterocycles. The van der Waals surface area contributed by atoms with Crippen LogP contribution in [0.2, 0.25) is 0 Å². The molecule has 2 aromatic rings. The molecule has 0 saturated carbocycles. The van der Waals surface area contributed by atoms with E-state index in [4.69, 9.17) is 5.11 Å². The van der Waals surface area contributed by atoms with Crippen molar-refractivity contribution in [3.05, 3.63) is 52.0 Å². The molecule has 0 atom stereocenters. The van der Waals surface area contributed by atoms with Gasteiger partial charge in [0.1, 0.15) is 17.1 Å². The highest BCUT2D eigenvalue weighted by Gasteiger charge is 2.17. The molecule has 0 aliphatic rings. The Morgan fingerprint density at radius 2 is 1.67 bits per heavy atom. The molecule has 7 heteroatoms. The Labute approximate surface area is 127 Å². The number of aromatic carboxylic acids is 1. The summed E-state index contributed by atoms with van der Waals surface area (Å²) in [7, 11) is 0. The lowest BCUT2D eigenvalue weighted by Gasteiger charge is -2.10. The first-order valence-electron chi connectivity index (χ1n) is 5.75. The number of nitrogens with one attached hydrogen (secondary N) is 1. The fourth-order valence-corrected chi connectivity index (χ4v) is 2.17. The molecule has 1 amide bonds. The fourth-order valence-electron chi connectivity index (χ4n) is 1.70. The van der Waals surface area contributed by atoms with Gasteiger partial charge in [-0.05, 0) is 46.3 Å². The summed E-state index contributed by atoms with van der Waals surface area (Å²) in [6.45, 7) is 0. The summed E-state index contributed by atoms with van der Waals surface area (Å²) in [6.07, 6.45) is 0. The maximum absolute atomic E-state index is 12.1.